The number of aliphatic hydroxyl groups is 1. The van der Waals surface area contributed by atoms with Gasteiger partial charge in [-0.2, -0.15) is 0 Å². The number of amides is 1. The van der Waals surface area contributed by atoms with E-state index in [0.717, 1.165) is 10.4 Å². The molecule has 2 heterocycles. The maximum absolute atomic E-state index is 13.0. The molecule has 2 aromatic rings. The fourth-order valence-corrected chi connectivity index (χ4v) is 4.18. The van der Waals surface area contributed by atoms with Gasteiger partial charge in [-0.3, -0.25) is 9.59 Å². The molecule has 0 saturated carbocycles. The molecule has 5 nitrogen and oxygen atoms in total. The van der Waals surface area contributed by atoms with E-state index in [0.29, 0.717) is 19.6 Å². The van der Waals surface area contributed by atoms with Crippen molar-refractivity contribution in [3.05, 3.63) is 69.6 Å². The summed E-state index contributed by atoms with van der Waals surface area (Å²) in [4.78, 5) is 28.1. The smallest absolute Gasteiger partial charge is 0.290 e. The molecule has 1 aliphatic rings. The fraction of sp³-hybridized carbons (Fsp3) is 0.364. The number of nitrogens with zero attached hydrogens (tertiary/aromatic N) is 1. The van der Waals surface area contributed by atoms with E-state index in [-0.39, 0.29) is 23.9 Å². The summed E-state index contributed by atoms with van der Waals surface area (Å²) in [5.74, 6) is -1.13. The summed E-state index contributed by atoms with van der Waals surface area (Å²) in [6, 6.07) is 12.9. The molecule has 1 aliphatic heterocycles. The Morgan fingerprint density at radius 2 is 1.96 bits per heavy atom. The van der Waals surface area contributed by atoms with Crippen molar-refractivity contribution >= 4 is 23.0 Å². The minimum Gasteiger partial charge on any atom is -0.503 e. The number of Topliss-reactive ketones (excluding diaryl/α,β-unsaturated/α-hetero) is 1. The summed E-state index contributed by atoms with van der Waals surface area (Å²) in [6.07, 6.45) is 0.860. The molecule has 28 heavy (non-hydrogen) atoms. The van der Waals surface area contributed by atoms with Crippen LogP contribution in [0.4, 0.5) is 0 Å². The highest BCUT2D eigenvalue weighted by atomic mass is 32.1. The van der Waals surface area contributed by atoms with E-state index >= 15 is 0 Å². The zero-order valence-electron chi connectivity index (χ0n) is 16.1. The second-order valence-electron chi connectivity index (χ2n) is 7.01. The second kappa shape index (κ2) is 9.17. The van der Waals surface area contributed by atoms with E-state index in [1.165, 1.54) is 11.3 Å². The summed E-state index contributed by atoms with van der Waals surface area (Å²) in [5, 5.41) is 12.4. The van der Waals surface area contributed by atoms with Gasteiger partial charge in [-0.15, -0.1) is 11.3 Å². The summed E-state index contributed by atoms with van der Waals surface area (Å²) in [5.41, 5.74) is 1.25. The number of aryl methyl sites for hydroxylation is 1. The molecule has 0 bridgehead atoms. The van der Waals surface area contributed by atoms with Crippen molar-refractivity contribution in [2.24, 2.45) is 0 Å². The predicted octanol–water partition coefficient (Wildman–Crippen LogP) is 4.07. The van der Waals surface area contributed by atoms with Crippen LogP contribution in [-0.4, -0.2) is 41.0 Å². The van der Waals surface area contributed by atoms with Gasteiger partial charge >= 0.3 is 0 Å². The molecule has 1 unspecified atom stereocenters. The Morgan fingerprint density at radius 1 is 1.21 bits per heavy atom. The van der Waals surface area contributed by atoms with Crippen molar-refractivity contribution < 1.29 is 19.4 Å². The second-order valence-corrected chi connectivity index (χ2v) is 7.99. The van der Waals surface area contributed by atoms with Crippen LogP contribution in [0.25, 0.3) is 0 Å². The van der Waals surface area contributed by atoms with Gasteiger partial charge in [-0.25, -0.2) is 0 Å². The molecule has 0 radical (unpaired) electrons. The summed E-state index contributed by atoms with van der Waals surface area (Å²) in [6.45, 7) is 4.52. The standard InChI is InChI=1S/C22H25NO4S/c1-15(2)27-13-12-23-20(18-9-6-14-28-18)19(21(25)22(23)26)17(24)11-10-16-7-4-3-5-8-16/h3-9,14-15,20,25H,10-13H2,1-2H3. The van der Waals surface area contributed by atoms with Crippen molar-refractivity contribution in [2.45, 2.75) is 38.8 Å². The molecule has 0 fully saturated rings. The lowest BCUT2D eigenvalue weighted by Crippen LogP contribution is -2.34. The zero-order chi connectivity index (χ0) is 20.1. The van der Waals surface area contributed by atoms with Gasteiger partial charge in [-0.05, 0) is 37.3 Å². The molecule has 1 atom stereocenters. The highest BCUT2D eigenvalue weighted by Gasteiger charge is 2.43. The zero-order valence-corrected chi connectivity index (χ0v) is 16.9. The van der Waals surface area contributed by atoms with Gasteiger partial charge in [0, 0.05) is 17.8 Å². The molecule has 6 heteroatoms. The Labute approximate surface area is 169 Å². The molecule has 1 aromatic carbocycles. The summed E-state index contributed by atoms with van der Waals surface area (Å²) < 4.78 is 5.58. The highest BCUT2D eigenvalue weighted by molar-refractivity contribution is 7.10. The number of carbonyl (C=O) groups excluding carboxylic acids is 2. The van der Waals surface area contributed by atoms with Crippen molar-refractivity contribution in [1.29, 1.82) is 0 Å². The molecule has 148 valence electrons. The molecule has 1 aromatic heterocycles. The van der Waals surface area contributed by atoms with E-state index in [9.17, 15) is 14.7 Å². The Hall–Kier alpha value is -2.44. The predicted molar refractivity (Wildman–Crippen MR) is 109 cm³/mol. The van der Waals surface area contributed by atoms with Crippen LogP contribution in [0.1, 0.15) is 36.8 Å². The third-order valence-electron chi connectivity index (χ3n) is 4.68. The van der Waals surface area contributed by atoms with Gasteiger partial charge in [0.2, 0.25) is 0 Å². The van der Waals surface area contributed by atoms with Gasteiger partial charge in [0.25, 0.3) is 5.91 Å². The van der Waals surface area contributed by atoms with Gasteiger partial charge in [0.05, 0.1) is 24.3 Å². The van der Waals surface area contributed by atoms with Crippen LogP contribution in [-0.2, 0) is 20.7 Å². The van der Waals surface area contributed by atoms with Crippen molar-refractivity contribution in [1.82, 2.24) is 4.90 Å². The van der Waals surface area contributed by atoms with Gasteiger partial charge in [0.1, 0.15) is 0 Å². The fourth-order valence-electron chi connectivity index (χ4n) is 3.34. The first-order valence-electron chi connectivity index (χ1n) is 9.45. The van der Waals surface area contributed by atoms with Crippen LogP contribution in [0.3, 0.4) is 0 Å². The third kappa shape index (κ3) is 4.51. The maximum atomic E-state index is 13.0. The average molecular weight is 400 g/mol. The Bertz CT molecular complexity index is 843. The molecular weight excluding hydrogens is 374 g/mol. The summed E-state index contributed by atoms with van der Waals surface area (Å²) >= 11 is 1.47. The average Bonchev–Trinajstić information content (AvgIpc) is 3.29. The molecule has 1 amide bonds. The van der Waals surface area contributed by atoms with Crippen LogP contribution < -0.4 is 0 Å². The van der Waals surface area contributed by atoms with Gasteiger partial charge in [-0.1, -0.05) is 36.4 Å². The largest absolute Gasteiger partial charge is 0.503 e. The Morgan fingerprint density at radius 3 is 2.61 bits per heavy atom. The normalized spacial score (nSPS) is 17.0. The first-order valence-corrected chi connectivity index (χ1v) is 10.3. The van der Waals surface area contributed by atoms with Crippen molar-refractivity contribution in [3.63, 3.8) is 0 Å². The van der Waals surface area contributed by atoms with E-state index in [1.54, 1.807) is 4.90 Å². The number of aliphatic hydroxyl groups excluding tert-OH is 1. The van der Waals surface area contributed by atoms with Gasteiger partial charge in [0.15, 0.2) is 11.5 Å². The monoisotopic (exact) mass is 399 g/mol. The SMILES string of the molecule is CC(C)OCCN1C(=O)C(O)=C(C(=O)CCc2ccccc2)C1c1cccs1. The molecule has 3 rings (SSSR count). The maximum Gasteiger partial charge on any atom is 0.290 e. The number of ketones is 1. The lowest BCUT2D eigenvalue weighted by Gasteiger charge is -2.26. The van der Waals surface area contributed by atoms with Crippen LogP contribution in [0.2, 0.25) is 0 Å². The lowest BCUT2D eigenvalue weighted by atomic mass is 9.97. The molecular formula is C22H25NO4S. The Balaban J connectivity index is 1.80. The minimum atomic E-state index is -0.550. The Kier molecular flexibility index (Phi) is 6.65. The molecule has 0 aliphatic carbocycles. The lowest BCUT2D eigenvalue weighted by molar-refractivity contribution is -0.130. The summed E-state index contributed by atoms with van der Waals surface area (Å²) in [7, 11) is 0. The quantitative estimate of drug-likeness (QED) is 0.690. The number of hydrogen-bond acceptors (Lipinski definition) is 5. The number of carbonyl (C=O) groups is 2. The topological polar surface area (TPSA) is 66.8 Å². The van der Waals surface area contributed by atoms with E-state index in [4.69, 9.17) is 4.74 Å². The first-order chi connectivity index (χ1) is 13.5. The third-order valence-corrected chi connectivity index (χ3v) is 5.61. The van der Waals surface area contributed by atoms with E-state index < -0.39 is 17.7 Å². The number of hydrogen-bond donors (Lipinski definition) is 1. The first kappa shape index (κ1) is 20.3. The number of benzene rings is 1. The molecule has 0 spiro atoms. The number of thiophene rings is 1. The van der Waals surface area contributed by atoms with Crippen LogP contribution in [0.5, 0.6) is 0 Å². The van der Waals surface area contributed by atoms with E-state index in [1.807, 2.05) is 61.7 Å². The highest BCUT2D eigenvalue weighted by Crippen LogP contribution is 2.40. The van der Waals surface area contributed by atoms with Crippen molar-refractivity contribution in [2.75, 3.05) is 13.2 Å². The van der Waals surface area contributed by atoms with Crippen molar-refractivity contribution in [3.8, 4) is 0 Å². The van der Waals surface area contributed by atoms with Crippen LogP contribution >= 0.6 is 11.3 Å². The molecule has 1 N–H and O–H groups in total. The number of rotatable bonds is 9. The minimum absolute atomic E-state index is 0.0476. The molecule has 0 saturated heterocycles. The number of ether oxygens (including phenoxy) is 1. The van der Waals surface area contributed by atoms with Gasteiger partial charge < -0.3 is 14.7 Å². The van der Waals surface area contributed by atoms with Crippen LogP contribution in [0.15, 0.2) is 59.2 Å². The van der Waals surface area contributed by atoms with E-state index in [2.05, 4.69) is 0 Å². The van der Waals surface area contributed by atoms with Crippen LogP contribution in [0, 0.1) is 0 Å².